The summed E-state index contributed by atoms with van der Waals surface area (Å²) in [6, 6.07) is 36.8. The number of rotatable bonds is 5. The van der Waals surface area contributed by atoms with Gasteiger partial charge in [0.2, 0.25) is 0 Å². The van der Waals surface area contributed by atoms with Crippen LogP contribution in [-0.2, 0) is 6.42 Å². The number of aromatic nitrogens is 1. The molecular formula is C36H31NO. The summed E-state index contributed by atoms with van der Waals surface area (Å²) in [5, 5.41) is 2.29. The summed E-state index contributed by atoms with van der Waals surface area (Å²) >= 11 is 0. The molecule has 186 valence electrons. The summed E-state index contributed by atoms with van der Waals surface area (Å²) in [6.07, 6.45) is 10.0. The normalized spacial score (nSPS) is 14.3. The minimum Gasteiger partial charge on any atom is -0.456 e. The van der Waals surface area contributed by atoms with E-state index < -0.39 is 0 Å². The Morgan fingerprint density at radius 2 is 1.29 bits per heavy atom. The molecule has 0 bridgehead atoms. The largest absolute Gasteiger partial charge is 0.456 e. The van der Waals surface area contributed by atoms with Gasteiger partial charge in [0, 0.05) is 22.5 Å². The van der Waals surface area contributed by atoms with Crippen LogP contribution in [0.15, 0.2) is 114 Å². The van der Waals surface area contributed by atoms with E-state index in [2.05, 4.69) is 103 Å². The van der Waals surface area contributed by atoms with Gasteiger partial charge in [0.25, 0.3) is 0 Å². The Balaban J connectivity index is 1.18. The van der Waals surface area contributed by atoms with Crippen molar-refractivity contribution in [3.8, 4) is 33.5 Å². The Kier molecular flexibility index (Phi) is 6.02. The third-order valence-electron chi connectivity index (χ3n) is 8.17. The lowest BCUT2D eigenvalue weighted by Crippen LogP contribution is -2.09. The van der Waals surface area contributed by atoms with Crippen molar-refractivity contribution in [2.45, 2.75) is 38.5 Å². The highest BCUT2D eigenvalue weighted by Gasteiger charge is 2.15. The molecule has 1 saturated carbocycles. The lowest BCUT2D eigenvalue weighted by atomic mass is 9.85. The van der Waals surface area contributed by atoms with Crippen LogP contribution in [0.2, 0.25) is 0 Å². The van der Waals surface area contributed by atoms with Crippen molar-refractivity contribution in [3.05, 3.63) is 115 Å². The van der Waals surface area contributed by atoms with Crippen LogP contribution >= 0.6 is 0 Å². The van der Waals surface area contributed by atoms with Crippen LogP contribution in [0, 0.1) is 5.92 Å². The molecule has 0 amide bonds. The first kappa shape index (κ1) is 23.0. The molecule has 1 aliphatic rings. The van der Waals surface area contributed by atoms with E-state index in [0.717, 1.165) is 44.7 Å². The molecule has 0 saturated heterocycles. The van der Waals surface area contributed by atoms with Crippen LogP contribution < -0.4 is 0 Å². The van der Waals surface area contributed by atoms with Gasteiger partial charge in [-0.1, -0.05) is 92.8 Å². The molecule has 0 aliphatic heterocycles. The monoisotopic (exact) mass is 493 g/mol. The minimum atomic E-state index is 0.822. The topological polar surface area (TPSA) is 26.0 Å². The zero-order valence-corrected chi connectivity index (χ0v) is 21.6. The van der Waals surface area contributed by atoms with Crippen LogP contribution in [0.1, 0.15) is 37.7 Å². The molecule has 6 aromatic rings. The Hall–Kier alpha value is -4.17. The lowest BCUT2D eigenvalue weighted by molar-refractivity contribution is 0.356. The number of hydrogen-bond donors (Lipinski definition) is 0. The molecule has 1 fully saturated rings. The van der Waals surface area contributed by atoms with Gasteiger partial charge in [-0.25, -0.2) is 0 Å². The second-order valence-corrected chi connectivity index (χ2v) is 10.7. The van der Waals surface area contributed by atoms with Crippen LogP contribution in [0.3, 0.4) is 0 Å². The molecule has 0 atom stereocenters. The first-order chi connectivity index (χ1) is 18.8. The van der Waals surface area contributed by atoms with Gasteiger partial charge in [0.15, 0.2) is 0 Å². The summed E-state index contributed by atoms with van der Waals surface area (Å²) in [4.78, 5) is 4.73. The number of furan rings is 1. The number of benzene rings is 4. The fourth-order valence-electron chi connectivity index (χ4n) is 6.09. The van der Waals surface area contributed by atoms with Gasteiger partial charge in [-0.05, 0) is 82.6 Å². The average molecular weight is 494 g/mol. The second kappa shape index (κ2) is 9.95. The third kappa shape index (κ3) is 4.52. The molecule has 2 nitrogen and oxygen atoms in total. The maximum atomic E-state index is 6.30. The van der Waals surface area contributed by atoms with Crippen LogP contribution in [0.4, 0.5) is 0 Å². The number of fused-ring (bicyclic) bond motifs is 3. The van der Waals surface area contributed by atoms with Crippen molar-refractivity contribution in [1.29, 1.82) is 0 Å². The average Bonchev–Trinajstić information content (AvgIpc) is 3.35. The first-order valence-corrected chi connectivity index (χ1v) is 13.9. The van der Waals surface area contributed by atoms with Gasteiger partial charge in [-0.2, -0.15) is 0 Å². The van der Waals surface area contributed by atoms with Crippen LogP contribution in [0.5, 0.6) is 0 Å². The summed E-state index contributed by atoms with van der Waals surface area (Å²) in [5.41, 5.74) is 10.2. The SMILES string of the molecule is c1ccc(-c2ccc(-c3ccc4c(c3)oc3ccc(-c5cc(CC6CCCCC6)ccn5)cc34)cc2)cc1. The van der Waals surface area contributed by atoms with Crippen molar-refractivity contribution in [1.82, 2.24) is 4.98 Å². The van der Waals surface area contributed by atoms with Gasteiger partial charge in [-0.3, -0.25) is 4.98 Å². The molecule has 4 aromatic carbocycles. The highest BCUT2D eigenvalue weighted by atomic mass is 16.3. The molecule has 0 unspecified atom stereocenters. The minimum absolute atomic E-state index is 0.822. The number of pyridine rings is 1. The Morgan fingerprint density at radius 3 is 2.11 bits per heavy atom. The number of nitrogens with zero attached hydrogens (tertiary/aromatic N) is 1. The Bertz CT molecular complexity index is 1710. The maximum absolute atomic E-state index is 6.30. The van der Waals surface area contributed by atoms with Crippen molar-refractivity contribution < 1.29 is 4.42 Å². The van der Waals surface area contributed by atoms with E-state index in [1.807, 2.05) is 6.20 Å². The van der Waals surface area contributed by atoms with E-state index in [-0.39, 0.29) is 0 Å². The van der Waals surface area contributed by atoms with Gasteiger partial charge >= 0.3 is 0 Å². The van der Waals surface area contributed by atoms with E-state index in [1.54, 1.807) is 0 Å². The van der Waals surface area contributed by atoms with Crippen molar-refractivity contribution in [2.75, 3.05) is 0 Å². The van der Waals surface area contributed by atoms with Gasteiger partial charge in [0.1, 0.15) is 11.2 Å². The first-order valence-electron chi connectivity index (χ1n) is 13.9. The number of hydrogen-bond acceptors (Lipinski definition) is 2. The van der Waals surface area contributed by atoms with E-state index in [4.69, 9.17) is 9.40 Å². The highest BCUT2D eigenvalue weighted by Crippen LogP contribution is 2.35. The predicted molar refractivity (Wildman–Crippen MR) is 158 cm³/mol. The third-order valence-corrected chi connectivity index (χ3v) is 8.17. The van der Waals surface area contributed by atoms with E-state index in [1.165, 1.54) is 60.8 Å². The van der Waals surface area contributed by atoms with Gasteiger partial charge < -0.3 is 4.42 Å². The molecule has 38 heavy (non-hydrogen) atoms. The summed E-state index contributed by atoms with van der Waals surface area (Å²) in [5.74, 6) is 0.822. The fourth-order valence-corrected chi connectivity index (χ4v) is 6.09. The molecule has 0 radical (unpaired) electrons. The smallest absolute Gasteiger partial charge is 0.136 e. The summed E-state index contributed by atoms with van der Waals surface area (Å²) in [7, 11) is 0. The fraction of sp³-hybridized carbons (Fsp3) is 0.194. The van der Waals surface area contributed by atoms with Crippen molar-refractivity contribution in [3.63, 3.8) is 0 Å². The van der Waals surface area contributed by atoms with E-state index >= 15 is 0 Å². The predicted octanol–water partition coefficient (Wildman–Crippen LogP) is 10.1. The quantitative estimate of drug-likeness (QED) is 0.239. The molecule has 1 aliphatic carbocycles. The van der Waals surface area contributed by atoms with E-state index in [0.29, 0.717) is 0 Å². The summed E-state index contributed by atoms with van der Waals surface area (Å²) in [6.45, 7) is 0. The molecule has 0 spiro atoms. The van der Waals surface area contributed by atoms with Crippen molar-refractivity contribution in [2.24, 2.45) is 5.92 Å². The zero-order chi connectivity index (χ0) is 25.3. The van der Waals surface area contributed by atoms with Crippen LogP contribution in [0.25, 0.3) is 55.4 Å². The lowest BCUT2D eigenvalue weighted by Gasteiger charge is -2.21. The molecule has 0 N–H and O–H groups in total. The maximum Gasteiger partial charge on any atom is 0.136 e. The Morgan fingerprint density at radius 1 is 0.579 bits per heavy atom. The zero-order valence-electron chi connectivity index (χ0n) is 21.6. The van der Waals surface area contributed by atoms with Crippen LogP contribution in [-0.4, -0.2) is 4.98 Å². The van der Waals surface area contributed by atoms with E-state index in [9.17, 15) is 0 Å². The summed E-state index contributed by atoms with van der Waals surface area (Å²) < 4.78 is 6.30. The molecule has 2 aromatic heterocycles. The molecule has 7 rings (SSSR count). The molecule has 2 heteroatoms. The highest BCUT2D eigenvalue weighted by molar-refractivity contribution is 6.07. The second-order valence-electron chi connectivity index (χ2n) is 10.7. The standard InChI is InChI=1S/C36H31NO/c1-3-7-25(8-4-1)21-26-19-20-37-34(22-26)31-16-18-35-33(23-31)32-17-15-30(24-36(32)38-35)29-13-11-28(12-14-29)27-9-5-2-6-10-27/h2,5-6,9-20,22-25H,1,3-4,7-8,21H2. The Labute approximate surface area is 224 Å². The molecule has 2 heterocycles. The van der Waals surface area contributed by atoms with Gasteiger partial charge in [-0.15, -0.1) is 0 Å². The molecular weight excluding hydrogens is 462 g/mol. The van der Waals surface area contributed by atoms with Gasteiger partial charge in [0.05, 0.1) is 5.69 Å². The van der Waals surface area contributed by atoms with Crippen molar-refractivity contribution >= 4 is 21.9 Å².